The van der Waals surface area contributed by atoms with E-state index in [1.54, 1.807) is 0 Å². The average molecular weight is 379 g/mol. The number of aromatic nitrogens is 2. The molecule has 0 unspecified atom stereocenters. The first-order valence-corrected chi connectivity index (χ1v) is 10.0. The van der Waals surface area contributed by atoms with Crippen molar-refractivity contribution in [2.75, 3.05) is 45.7 Å². The van der Waals surface area contributed by atoms with Crippen LogP contribution in [-0.2, 0) is 7.05 Å². The molecule has 3 aromatic rings. The summed E-state index contributed by atoms with van der Waals surface area (Å²) in [5, 5.41) is 0. The zero-order valence-electron chi connectivity index (χ0n) is 17.4. The molecule has 0 N–H and O–H groups in total. The van der Waals surface area contributed by atoms with E-state index in [0.29, 0.717) is 5.89 Å². The van der Waals surface area contributed by atoms with Gasteiger partial charge in [-0.15, -0.1) is 0 Å². The lowest BCUT2D eigenvalue weighted by molar-refractivity contribution is -0.870. The highest BCUT2D eigenvalue weighted by Crippen LogP contribution is 2.35. The Kier molecular flexibility index (Phi) is 4.94. The molecule has 5 nitrogen and oxygen atoms in total. The van der Waals surface area contributed by atoms with E-state index in [4.69, 9.17) is 4.42 Å². The molecule has 0 atom stereocenters. The molecule has 0 amide bonds. The first-order valence-electron chi connectivity index (χ1n) is 10.0. The Bertz CT molecular complexity index is 1010. The van der Waals surface area contributed by atoms with Crippen molar-refractivity contribution in [2.24, 2.45) is 7.05 Å². The molecule has 0 bridgehead atoms. The summed E-state index contributed by atoms with van der Waals surface area (Å²) >= 11 is 0. The van der Waals surface area contributed by atoms with E-state index in [9.17, 15) is 0 Å². The van der Waals surface area contributed by atoms with Crippen molar-refractivity contribution in [3.8, 4) is 0 Å². The van der Waals surface area contributed by atoms with Gasteiger partial charge < -0.3 is 13.8 Å². The van der Waals surface area contributed by atoms with Gasteiger partial charge in [-0.05, 0) is 30.2 Å². The van der Waals surface area contributed by atoms with Crippen molar-refractivity contribution in [1.82, 2.24) is 4.98 Å². The molecule has 0 radical (unpaired) electrons. The number of hydrogen-bond acceptors (Lipinski definition) is 3. The monoisotopic (exact) mass is 378 g/mol. The van der Waals surface area contributed by atoms with Crippen molar-refractivity contribution < 1.29 is 13.5 Å². The lowest BCUT2D eigenvalue weighted by atomic mass is 9.95. The van der Waals surface area contributed by atoms with Crippen LogP contribution in [0.2, 0.25) is 0 Å². The van der Waals surface area contributed by atoms with Crippen LogP contribution < -0.4 is 9.47 Å². The van der Waals surface area contributed by atoms with Gasteiger partial charge in [0, 0.05) is 41.8 Å². The zero-order valence-corrected chi connectivity index (χ0v) is 17.4. The fraction of sp³-hybridized carbons (Fsp3) is 0.391. The topological polar surface area (TPSA) is 33.1 Å². The summed E-state index contributed by atoms with van der Waals surface area (Å²) in [6.07, 6.45) is 6.30. The van der Waals surface area contributed by atoms with E-state index >= 15 is 0 Å². The van der Waals surface area contributed by atoms with E-state index in [2.05, 4.69) is 61.4 Å². The highest BCUT2D eigenvalue weighted by atomic mass is 16.3. The van der Waals surface area contributed by atoms with Crippen molar-refractivity contribution in [3.05, 3.63) is 54.0 Å². The molecule has 146 valence electrons. The molecule has 4 rings (SSSR count). The van der Waals surface area contributed by atoms with Gasteiger partial charge in [-0.3, -0.25) is 0 Å². The lowest BCUT2D eigenvalue weighted by Gasteiger charge is -2.33. The molecule has 1 aromatic carbocycles. The van der Waals surface area contributed by atoms with Gasteiger partial charge in [-0.25, -0.2) is 4.57 Å². The Balaban J connectivity index is 1.60. The van der Waals surface area contributed by atoms with Crippen molar-refractivity contribution in [3.63, 3.8) is 0 Å². The van der Waals surface area contributed by atoms with Gasteiger partial charge in [0.15, 0.2) is 0 Å². The van der Waals surface area contributed by atoms with Crippen molar-refractivity contribution in [2.45, 2.75) is 12.8 Å². The van der Waals surface area contributed by atoms with E-state index in [-0.39, 0.29) is 0 Å². The molecule has 2 aromatic heterocycles. The summed E-state index contributed by atoms with van der Waals surface area (Å²) in [4.78, 5) is 7.20. The first kappa shape index (κ1) is 18.7. The Morgan fingerprint density at radius 2 is 2.00 bits per heavy atom. The molecule has 0 aliphatic carbocycles. The van der Waals surface area contributed by atoms with E-state index in [1.165, 1.54) is 29.8 Å². The maximum absolute atomic E-state index is 5.97. The van der Waals surface area contributed by atoms with E-state index in [0.717, 1.165) is 35.2 Å². The highest BCUT2D eigenvalue weighted by molar-refractivity contribution is 5.88. The standard InChI is InChI=1S/C23H30N4O/c1-25-13-7-11-21-23(25)24-22(28-21)17-18-12-15-26(14-8-16-27(2,3)4)20-10-6-5-9-19(18)20/h5-7,9-11,13,17H,8,12,14-16H2,1-4H3/q+2. The van der Waals surface area contributed by atoms with Gasteiger partial charge in [0.1, 0.15) is 0 Å². The number of aryl methyl sites for hydroxylation is 1. The predicted molar refractivity (Wildman–Crippen MR) is 114 cm³/mol. The second-order valence-electron chi connectivity index (χ2n) is 8.65. The Labute approximate surface area is 167 Å². The fourth-order valence-electron chi connectivity index (χ4n) is 3.89. The molecular formula is C23H30N4O+2. The average Bonchev–Trinajstić information content (AvgIpc) is 3.06. The Morgan fingerprint density at radius 1 is 1.18 bits per heavy atom. The maximum atomic E-state index is 5.97. The van der Waals surface area contributed by atoms with E-state index in [1.807, 2.05) is 29.9 Å². The SMILES string of the molecule is C[n+]1cccc2oc(/C=C3/CCN(CCC[N+](C)(C)C)c4ccccc43)nc21. The molecule has 1 aliphatic heterocycles. The molecule has 0 spiro atoms. The Morgan fingerprint density at radius 3 is 2.79 bits per heavy atom. The van der Waals surface area contributed by atoms with Gasteiger partial charge >= 0.3 is 11.5 Å². The van der Waals surface area contributed by atoms with Gasteiger partial charge in [0.2, 0.25) is 5.58 Å². The van der Waals surface area contributed by atoms with Crippen LogP contribution in [0.4, 0.5) is 5.69 Å². The number of nitrogens with zero attached hydrogens (tertiary/aromatic N) is 4. The minimum atomic E-state index is 0.681. The summed E-state index contributed by atoms with van der Waals surface area (Å²) in [5.74, 6) is 0.681. The molecule has 5 heteroatoms. The number of hydrogen-bond donors (Lipinski definition) is 0. The van der Waals surface area contributed by atoms with Crippen LogP contribution in [0.5, 0.6) is 0 Å². The summed E-state index contributed by atoms with van der Waals surface area (Å²) in [7, 11) is 8.76. The Hall–Kier alpha value is -2.66. The van der Waals surface area contributed by atoms with Crippen molar-refractivity contribution >= 4 is 28.6 Å². The van der Waals surface area contributed by atoms with Crippen LogP contribution in [0.1, 0.15) is 24.3 Å². The first-order chi connectivity index (χ1) is 13.4. The van der Waals surface area contributed by atoms with Crippen LogP contribution in [-0.4, -0.2) is 50.2 Å². The molecule has 0 fully saturated rings. The number of benzene rings is 1. The van der Waals surface area contributed by atoms with Crippen molar-refractivity contribution in [1.29, 1.82) is 0 Å². The summed E-state index contributed by atoms with van der Waals surface area (Å²) < 4.78 is 8.97. The third-order valence-corrected chi connectivity index (χ3v) is 5.34. The lowest BCUT2D eigenvalue weighted by Crippen LogP contribution is -2.38. The number of oxazole rings is 1. The van der Waals surface area contributed by atoms with Crippen LogP contribution in [0.3, 0.4) is 0 Å². The second-order valence-corrected chi connectivity index (χ2v) is 8.65. The van der Waals surface area contributed by atoms with Gasteiger partial charge in [0.05, 0.1) is 40.9 Å². The third kappa shape index (κ3) is 3.94. The van der Waals surface area contributed by atoms with Crippen LogP contribution in [0.25, 0.3) is 22.9 Å². The van der Waals surface area contributed by atoms with Crippen LogP contribution in [0.15, 0.2) is 47.0 Å². The highest BCUT2D eigenvalue weighted by Gasteiger charge is 2.23. The number of pyridine rings is 1. The van der Waals surface area contributed by atoms with Crippen LogP contribution in [0, 0.1) is 0 Å². The quantitative estimate of drug-likeness (QED) is 0.503. The van der Waals surface area contributed by atoms with E-state index < -0.39 is 0 Å². The number of rotatable bonds is 5. The van der Waals surface area contributed by atoms with Gasteiger partial charge in [-0.2, -0.15) is 0 Å². The molecule has 0 saturated heterocycles. The smallest absolute Gasteiger partial charge is 0.370 e. The predicted octanol–water partition coefficient (Wildman–Crippen LogP) is 3.50. The number of para-hydroxylation sites is 1. The second kappa shape index (κ2) is 7.40. The third-order valence-electron chi connectivity index (χ3n) is 5.34. The van der Waals surface area contributed by atoms with Gasteiger partial charge in [-0.1, -0.05) is 18.2 Å². The minimum Gasteiger partial charge on any atom is -0.411 e. The summed E-state index contributed by atoms with van der Waals surface area (Å²) in [6.45, 7) is 3.31. The zero-order chi connectivity index (χ0) is 19.7. The normalized spacial score (nSPS) is 16.0. The molecular weight excluding hydrogens is 348 g/mol. The minimum absolute atomic E-state index is 0.681. The molecule has 0 saturated carbocycles. The molecule has 3 heterocycles. The largest absolute Gasteiger partial charge is 0.411 e. The van der Waals surface area contributed by atoms with Gasteiger partial charge in [0.25, 0.3) is 0 Å². The summed E-state index contributed by atoms with van der Waals surface area (Å²) in [6, 6.07) is 12.7. The summed E-state index contributed by atoms with van der Waals surface area (Å²) in [5.41, 5.74) is 5.62. The number of fused-ring (bicyclic) bond motifs is 2. The maximum Gasteiger partial charge on any atom is 0.370 e. The molecule has 28 heavy (non-hydrogen) atoms. The van der Waals surface area contributed by atoms with Crippen LogP contribution >= 0.6 is 0 Å². The fourth-order valence-corrected chi connectivity index (χ4v) is 3.89. The molecule has 1 aliphatic rings. The number of quaternary nitrogens is 1. The number of anilines is 1.